The molecule has 0 saturated carbocycles. The number of nitrogens with zero attached hydrogens (tertiary/aromatic N) is 3. The molecule has 2 amide bonds. The quantitative estimate of drug-likeness (QED) is 0.676. The van der Waals surface area contributed by atoms with Crippen LogP contribution in [0.3, 0.4) is 0 Å². The first-order valence-electron chi connectivity index (χ1n) is 6.46. The van der Waals surface area contributed by atoms with Gasteiger partial charge < -0.3 is 9.64 Å². The molecule has 22 heavy (non-hydrogen) atoms. The Labute approximate surface area is 121 Å². The number of carbonyl (C=O) groups is 2. The number of anilines is 1. The Morgan fingerprint density at radius 1 is 1.05 bits per heavy atom. The summed E-state index contributed by atoms with van der Waals surface area (Å²) < 4.78 is 44.8. The van der Waals surface area contributed by atoms with Gasteiger partial charge in [-0.25, -0.2) is 9.98 Å². The lowest BCUT2D eigenvalue weighted by atomic mass is 10.1. The summed E-state index contributed by atoms with van der Waals surface area (Å²) in [5, 5.41) is -0.838. The lowest BCUT2D eigenvalue weighted by Gasteiger charge is -2.29. The summed E-state index contributed by atoms with van der Waals surface area (Å²) in [6, 6.07) is 2.26. The standard InChI is InChI=1S/C13H10F3N3O3/c14-13(15,16)8-5-7(19-1-3-22-4-2-19)6-9-10(8)18-12(21)11(20)17-9/h5-6H,1-4H2. The van der Waals surface area contributed by atoms with Gasteiger partial charge in [-0.05, 0) is 12.1 Å². The van der Waals surface area contributed by atoms with Crippen molar-refractivity contribution in [1.29, 1.82) is 0 Å². The minimum atomic E-state index is -4.70. The van der Waals surface area contributed by atoms with Crippen LogP contribution >= 0.6 is 0 Å². The normalized spacial score (nSPS) is 18.6. The summed E-state index contributed by atoms with van der Waals surface area (Å²) in [5.74, 6) is -2.46. The third kappa shape index (κ3) is 2.59. The molecule has 0 radical (unpaired) electrons. The van der Waals surface area contributed by atoms with Crippen molar-refractivity contribution in [3.05, 3.63) is 28.4 Å². The van der Waals surface area contributed by atoms with E-state index in [1.807, 2.05) is 0 Å². The highest BCUT2D eigenvalue weighted by molar-refractivity contribution is 6.36. The van der Waals surface area contributed by atoms with Crippen molar-refractivity contribution in [3.63, 3.8) is 0 Å². The number of rotatable bonds is 1. The Bertz CT molecular complexity index is 767. The molecule has 1 fully saturated rings. The van der Waals surface area contributed by atoms with E-state index >= 15 is 0 Å². The highest BCUT2D eigenvalue weighted by Gasteiger charge is 2.35. The third-order valence-corrected chi connectivity index (χ3v) is 3.37. The molecule has 1 saturated heterocycles. The highest BCUT2D eigenvalue weighted by Crippen LogP contribution is 2.29. The molecule has 1 aromatic carbocycles. The Morgan fingerprint density at radius 3 is 2.32 bits per heavy atom. The minimum absolute atomic E-state index is 0.235. The highest BCUT2D eigenvalue weighted by atomic mass is 19.4. The number of hydrogen-bond donors (Lipinski definition) is 0. The molecule has 1 aromatic rings. The van der Waals surface area contributed by atoms with Crippen molar-refractivity contribution in [2.45, 2.75) is 6.18 Å². The van der Waals surface area contributed by atoms with Crippen molar-refractivity contribution in [1.82, 2.24) is 0 Å². The Kier molecular flexibility index (Phi) is 3.44. The summed E-state index contributed by atoms with van der Waals surface area (Å²) in [7, 11) is 0. The van der Waals surface area contributed by atoms with E-state index < -0.39 is 28.9 Å². The Balaban J connectivity index is 2.23. The number of fused-ring (bicyclic) bond motifs is 1. The predicted octanol–water partition coefficient (Wildman–Crippen LogP) is -0.152. The summed E-state index contributed by atoms with van der Waals surface area (Å²) in [6.07, 6.45) is -4.70. The zero-order valence-corrected chi connectivity index (χ0v) is 11.2. The van der Waals surface area contributed by atoms with Gasteiger partial charge in [0.05, 0.1) is 24.1 Å². The fourth-order valence-corrected chi connectivity index (χ4v) is 2.33. The van der Waals surface area contributed by atoms with Crippen LogP contribution in [0.2, 0.25) is 0 Å². The summed E-state index contributed by atoms with van der Waals surface area (Å²) >= 11 is 0. The lowest BCUT2D eigenvalue weighted by Crippen LogP contribution is -2.42. The van der Waals surface area contributed by atoms with E-state index in [2.05, 4.69) is 9.98 Å². The first-order valence-corrected chi connectivity index (χ1v) is 6.46. The van der Waals surface area contributed by atoms with E-state index in [0.29, 0.717) is 26.3 Å². The smallest absolute Gasteiger partial charge is 0.378 e. The molecule has 9 heteroatoms. The van der Waals surface area contributed by atoms with Crippen LogP contribution in [0.4, 0.5) is 18.9 Å². The summed E-state index contributed by atoms with van der Waals surface area (Å²) in [6.45, 7) is 1.66. The average molecular weight is 313 g/mol. The maximum Gasteiger partial charge on any atom is 0.418 e. The van der Waals surface area contributed by atoms with E-state index in [1.54, 1.807) is 4.90 Å². The van der Waals surface area contributed by atoms with Gasteiger partial charge in [0.25, 0.3) is 0 Å². The second-order valence-corrected chi connectivity index (χ2v) is 4.79. The van der Waals surface area contributed by atoms with E-state index in [9.17, 15) is 22.8 Å². The van der Waals surface area contributed by atoms with Crippen LogP contribution in [0.15, 0.2) is 22.1 Å². The van der Waals surface area contributed by atoms with Gasteiger partial charge in [0, 0.05) is 18.8 Å². The molecular formula is C13H10F3N3O3. The van der Waals surface area contributed by atoms with Crippen molar-refractivity contribution in [2.75, 3.05) is 31.2 Å². The molecule has 3 rings (SSSR count). The van der Waals surface area contributed by atoms with Crippen molar-refractivity contribution >= 4 is 17.5 Å². The molecule has 2 aliphatic heterocycles. The SMILES string of the molecule is O=C1N=c2cc(N3CCOCC3)cc(C(F)(F)F)c2=NC1=O. The average Bonchev–Trinajstić information content (AvgIpc) is 2.47. The van der Waals surface area contributed by atoms with Crippen LogP contribution < -0.4 is 15.6 Å². The fraction of sp³-hybridized carbons (Fsp3) is 0.385. The topological polar surface area (TPSA) is 71.3 Å². The van der Waals surface area contributed by atoms with Gasteiger partial charge in [0.15, 0.2) is 0 Å². The van der Waals surface area contributed by atoms with Gasteiger partial charge in [-0.3, -0.25) is 9.59 Å². The van der Waals surface area contributed by atoms with Gasteiger partial charge in [-0.2, -0.15) is 13.2 Å². The number of carbonyl (C=O) groups excluding carboxylic acids is 2. The van der Waals surface area contributed by atoms with Crippen LogP contribution in [0.25, 0.3) is 0 Å². The molecule has 116 valence electrons. The number of benzene rings is 1. The van der Waals surface area contributed by atoms with Crippen LogP contribution in [0.5, 0.6) is 0 Å². The monoisotopic (exact) mass is 313 g/mol. The molecule has 0 spiro atoms. The number of morpholine rings is 1. The maximum atomic E-state index is 13.2. The fourth-order valence-electron chi connectivity index (χ4n) is 2.33. The first kappa shape index (κ1) is 14.6. The number of ether oxygens (including phenoxy) is 1. The first-order chi connectivity index (χ1) is 10.4. The number of alkyl halides is 3. The third-order valence-electron chi connectivity index (χ3n) is 3.37. The molecular weight excluding hydrogens is 303 g/mol. The lowest BCUT2D eigenvalue weighted by molar-refractivity contribution is -0.139. The molecule has 2 heterocycles. The van der Waals surface area contributed by atoms with Crippen LogP contribution in [0.1, 0.15) is 5.56 Å². The molecule has 0 aromatic heterocycles. The molecule has 6 nitrogen and oxygen atoms in total. The maximum absolute atomic E-state index is 13.2. The Hall–Kier alpha value is -2.29. The van der Waals surface area contributed by atoms with E-state index in [1.165, 1.54) is 6.07 Å². The van der Waals surface area contributed by atoms with Crippen LogP contribution in [0, 0.1) is 0 Å². The van der Waals surface area contributed by atoms with Gasteiger partial charge in [0.1, 0.15) is 5.36 Å². The molecule has 0 bridgehead atoms. The van der Waals surface area contributed by atoms with E-state index in [-0.39, 0.29) is 11.0 Å². The van der Waals surface area contributed by atoms with Crippen molar-refractivity contribution in [2.24, 2.45) is 9.98 Å². The number of amides is 2. The molecule has 2 aliphatic rings. The van der Waals surface area contributed by atoms with Gasteiger partial charge >= 0.3 is 18.0 Å². The van der Waals surface area contributed by atoms with Crippen molar-refractivity contribution < 1.29 is 27.5 Å². The zero-order chi connectivity index (χ0) is 15.9. The second kappa shape index (κ2) is 5.16. The zero-order valence-electron chi connectivity index (χ0n) is 11.2. The van der Waals surface area contributed by atoms with Crippen molar-refractivity contribution in [3.8, 4) is 0 Å². The van der Waals surface area contributed by atoms with Crippen LogP contribution in [-0.2, 0) is 20.5 Å². The van der Waals surface area contributed by atoms with Crippen LogP contribution in [-0.4, -0.2) is 38.1 Å². The molecule has 0 aliphatic carbocycles. The molecule has 0 atom stereocenters. The summed E-state index contributed by atoms with van der Waals surface area (Å²) in [4.78, 5) is 30.9. The van der Waals surface area contributed by atoms with E-state index in [4.69, 9.17) is 4.74 Å². The van der Waals surface area contributed by atoms with Gasteiger partial charge in [-0.15, -0.1) is 0 Å². The molecule has 0 unspecified atom stereocenters. The number of halogens is 3. The molecule has 0 N–H and O–H groups in total. The largest absolute Gasteiger partial charge is 0.418 e. The number of hydrogen-bond acceptors (Lipinski definition) is 4. The van der Waals surface area contributed by atoms with E-state index in [0.717, 1.165) is 6.07 Å². The van der Waals surface area contributed by atoms with Gasteiger partial charge in [-0.1, -0.05) is 0 Å². The summed E-state index contributed by atoms with van der Waals surface area (Å²) in [5.41, 5.74) is -0.799. The second-order valence-electron chi connectivity index (χ2n) is 4.79. The predicted molar refractivity (Wildman–Crippen MR) is 66.8 cm³/mol. The Morgan fingerprint density at radius 2 is 1.68 bits per heavy atom. The minimum Gasteiger partial charge on any atom is -0.378 e. The van der Waals surface area contributed by atoms with Gasteiger partial charge in [0.2, 0.25) is 0 Å².